The Bertz CT molecular complexity index is 423. The Balaban J connectivity index is 2.44. The number of nitrogens with one attached hydrogen (secondary N) is 1. The molecule has 0 bridgehead atoms. The van der Waals surface area contributed by atoms with E-state index < -0.39 is 6.09 Å². The highest BCUT2D eigenvalue weighted by Crippen LogP contribution is 2.14. The van der Waals surface area contributed by atoms with E-state index in [0.29, 0.717) is 23.0 Å². The maximum absolute atomic E-state index is 11.2. The van der Waals surface area contributed by atoms with Gasteiger partial charge in [-0.3, -0.25) is 5.32 Å². The fraction of sp³-hybridized carbons (Fsp3) is 0.182. The first-order chi connectivity index (χ1) is 7.72. The molecule has 0 spiro atoms. The predicted octanol–water partition coefficient (Wildman–Crippen LogP) is 3.48. The average Bonchev–Trinajstić information content (AvgIpc) is 2.24. The van der Waals surface area contributed by atoms with Crippen LogP contribution in [0.5, 0.6) is 0 Å². The summed E-state index contributed by atoms with van der Waals surface area (Å²) in [6.45, 7) is 0. The molecule has 0 atom stereocenters. The molecule has 0 radical (unpaired) electrons. The first-order valence-corrected chi connectivity index (χ1v) is 5.41. The van der Waals surface area contributed by atoms with E-state index in [4.69, 9.17) is 23.2 Å². The van der Waals surface area contributed by atoms with Gasteiger partial charge in [-0.05, 0) is 18.2 Å². The molecule has 0 saturated carbocycles. The topological polar surface area (TPSA) is 38.3 Å². The second kappa shape index (κ2) is 7.00. The van der Waals surface area contributed by atoms with Crippen LogP contribution in [0.3, 0.4) is 0 Å². The number of amides is 1. The van der Waals surface area contributed by atoms with Gasteiger partial charge in [0.2, 0.25) is 0 Å². The molecule has 0 aliphatic heterocycles. The molecule has 0 unspecified atom stereocenters. The highest BCUT2D eigenvalue weighted by Gasteiger charge is 2.01. The minimum absolute atomic E-state index is 0.409. The molecule has 1 rings (SSSR count). The van der Waals surface area contributed by atoms with Crippen molar-refractivity contribution in [1.29, 1.82) is 0 Å². The molecule has 1 amide bonds. The minimum Gasteiger partial charge on any atom is -0.356 e. The second-order valence-corrected chi connectivity index (χ2v) is 3.56. The van der Waals surface area contributed by atoms with Gasteiger partial charge in [0.1, 0.15) is 6.11 Å². The highest BCUT2D eigenvalue weighted by molar-refractivity contribution is 6.30. The summed E-state index contributed by atoms with van der Waals surface area (Å²) in [6.07, 6.45) is 2.07. The van der Waals surface area contributed by atoms with E-state index in [1.165, 1.54) is 0 Å². The molecule has 3 nitrogen and oxygen atoms in total. The zero-order valence-electron chi connectivity index (χ0n) is 8.30. The van der Waals surface area contributed by atoms with Crippen LogP contribution in [0.25, 0.3) is 0 Å². The van der Waals surface area contributed by atoms with Crippen LogP contribution < -0.4 is 5.32 Å². The summed E-state index contributed by atoms with van der Waals surface area (Å²) in [4.78, 5) is 11.2. The van der Waals surface area contributed by atoms with Gasteiger partial charge in [-0.15, -0.1) is 11.6 Å². The van der Waals surface area contributed by atoms with E-state index in [2.05, 4.69) is 22.1 Å². The van der Waals surface area contributed by atoms with Crippen LogP contribution in [0.1, 0.15) is 6.42 Å². The van der Waals surface area contributed by atoms with Crippen LogP contribution in [-0.2, 0) is 4.74 Å². The molecule has 16 heavy (non-hydrogen) atoms. The summed E-state index contributed by atoms with van der Waals surface area (Å²) in [5.41, 5.74) is 0.552. The molecule has 1 aromatic carbocycles. The fourth-order valence-electron chi connectivity index (χ4n) is 0.890. The van der Waals surface area contributed by atoms with E-state index in [1.54, 1.807) is 24.3 Å². The Labute approximate surface area is 104 Å². The molecule has 0 aromatic heterocycles. The lowest BCUT2D eigenvalue weighted by Gasteiger charge is -2.01. The largest absolute Gasteiger partial charge is 0.425 e. The van der Waals surface area contributed by atoms with Crippen LogP contribution >= 0.6 is 23.2 Å². The molecular formula is C11H9Cl2NO2. The molecule has 0 heterocycles. The first-order valence-electron chi connectivity index (χ1n) is 4.49. The van der Waals surface area contributed by atoms with Crippen LogP contribution in [0.15, 0.2) is 24.3 Å². The number of benzene rings is 1. The number of anilines is 1. The number of alkyl halides is 1. The number of hydrogen-bond acceptors (Lipinski definition) is 2. The van der Waals surface area contributed by atoms with Crippen molar-refractivity contribution < 1.29 is 9.53 Å². The van der Waals surface area contributed by atoms with Crippen molar-refractivity contribution >= 4 is 35.0 Å². The van der Waals surface area contributed by atoms with E-state index >= 15 is 0 Å². The first kappa shape index (κ1) is 12.7. The molecular weight excluding hydrogens is 249 g/mol. The lowest BCUT2D eigenvalue weighted by atomic mass is 10.3. The van der Waals surface area contributed by atoms with E-state index in [9.17, 15) is 4.79 Å². The molecule has 0 saturated heterocycles. The van der Waals surface area contributed by atoms with E-state index in [1.807, 2.05) is 0 Å². The van der Waals surface area contributed by atoms with Gasteiger partial charge in [-0.2, -0.15) is 0 Å². The van der Waals surface area contributed by atoms with Gasteiger partial charge >= 0.3 is 6.09 Å². The molecule has 1 aromatic rings. The second-order valence-electron chi connectivity index (χ2n) is 2.74. The van der Waals surface area contributed by atoms with Crippen molar-refractivity contribution in [2.45, 2.75) is 6.42 Å². The number of halogens is 2. The van der Waals surface area contributed by atoms with Crippen molar-refractivity contribution in [3.8, 4) is 12.0 Å². The maximum atomic E-state index is 11.2. The van der Waals surface area contributed by atoms with Gasteiger partial charge in [0.05, 0.1) is 0 Å². The van der Waals surface area contributed by atoms with Gasteiger partial charge in [0, 0.05) is 23.0 Å². The number of rotatable bonds is 2. The van der Waals surface area contributed by atoms with Crippen LogP contribution in [0.2, 0.25) is 5.02 Å². The minimum atomic E-state index is -0.649. The van der Waals surface area contributed by atoms with Gasteiger partial charge in [-0.1, -0.05) is 23.6 Å². The van der Waals surface area contributed by atoms with Gasteiger partial charge in [0.15, 0.2) is 0 Å². The Morgan fingerprint density at radius 3 is 3.00 bits per heavy atom. The number of carbonyl (C=O) groups is 1. The maximum Gasteiger partial charge on any atom is 0.425 e. The summed E-state index contributed by atoms with van der Waals surface area (Å²) in [5, 5.41) is 3.01. The van der Waals surface area contributed by atoms with Crippen molar-refractivity contribution in [3.63, 3.8) is 0 Å². The van der Waals surface area contributed by atoms with Crippen LogP contribution in [-0.4, -0.2) is 12.0 Å². The number of carbonyl (C=O) groups excluding carboxylic acids is 1. The standard InChI is InChI=1S/C11H9Cl2NO2/c12-6-1-2-7-16-11(15)14-10-5-3-4-9(13)8-10/h3-5,8H,1,6H2,(H,14,15). The number of hydrogen-bond donors (Lipinski definition) is 1. The van der Waals surface area contributed by atoms with Crippen molar-refractivity contribution in [2.24, 2.45) is 0 Å². The normalized spacial score (nSPS) is 8.88. The quantitative estimate of drug-likeness (QED) is 0.651. The Morgan fingerprint density at radius 1 is 1.50 bits per heavy atom. The number of ether oxygens (including phenoxy) is 1. The fourth-order valence-corrected chi connectivity index (χ4v) is 1.18. The predicted molar refractivity (Wildman–Crippen MR) is 64.7 cm³/mol. The molecule has 0 fully saturated rings. The van der Waals surface area contributed by atoms with Gasteiger partial charge in [-0.25, -0.2) is 4.79 Å². The summed E-state index contributed by atoms with van der Waals surface area (Å²) < 4.78 is 4.58. The summed E-state index contributed by atoms with van der Waals surface area (Å²) >= 11 is 11.1. The van der Waals surface area contributed by atoms with Crippen LogP contribution in [0, 0.1) is 12.0 Å². The van der Waals surface area contributed by atoms with Crippen LogP contribution in [0.4, 0.5) is 10.5 Å². The Morgan fingerprint density at radius 2 is 2.31 bits per heavy atom. The molecule has 1 N–H and O–H groups in total. The third-order valence-electron chi connectivity index (χ3n) is 1.51. The Hall–Kier alpha value is -1.37. The van der Waals surface area contributed by atoms with Crippen molar-refractivity contribution in [3.05, 3.63) is 29.3 Å². The summed E-state index contributed by atoms with van der Waals surface area (Å²) in [7, 11) is 0. The SMILES string of the molecule is O=C(Nc1cccc(Cl)c1)OC#CCCCl. The van der Waals surface area contributed by atoms with Gasteiger partial charge < -0.3 is 4.74 Å². The third-order valence-corrected chi connectivity index (χ3v) is 1.93. The smallest absolute Gasteiger partial charge is 0.356 e. The lowest BCUT2D eigenvalue weighted by Crippen LogP contribution is -2.10. The summed E-state index contributed by atoms with van der Waals surface area (Å²) in [5.74, 6) is 2.98. The van der Waals surface area contributed by atoms with E-state index in [0.717, 1.165) is 0 Å². The Kier molecular flexibility index (Phi) is 5.55. The zero-order chi connectivity index (χ0) is 11.8. The van der Waals surface area contributed by atoms with Crippen molar-refractivity contribution in [2.75, 3.05) is 11.2 Å². The third kappa shape index (κ3) is 4.92. The van der Waals surface area contributed by atoms with Crippen molar-refractivity contribution in [1.82, 2.24) is 0 Å². The van der Waals surface area contributed by atoms with Gasteiger partial charge in [0.25, 0.3) is 0 Å². The van der Waals surface area contributed by atoms with E-state index in [-0.39, 0.29) is 0 Å². The highest BCUT2D eigenvalue weighted by atomic mass is 35.5. The molecule has 5 heteroatoms. The lowest BCUT2D eigenvalue weighted by molar-refractivity contribution is 0.207. The zero-order valence-corrected chi connectivity index (χ0v) is 9.81. The average molecular weight is 258 g/mol. The molecule has 0 aliphatic carbocycles. The molecule has 84 valence electrons. The molecule has 0 aliphatic rings. The monoisotopic (exact) mass is 257 g/mol. The summed E-state index contributed by atoms with van der Waals surface area (Å²) in [6, 6.07) is 6.73.